The van der Waals surface area contributed by atoms with Gasteiger partial charge in [-0.05, 0) is 6.07 Å². The van der Waals surface area contributed by atoms with Crippen molar-refractivity contribution >= 4 is 5.97 Å². The normalized spacial score (nSPS) is 20.2. The molecular formula is C9H11NO3. The predicted octanol–water partition coefficient (Wildman–Crippen LogP) is 0.757. The summed E-state index contributed by atoms with van der Waals surface area (Å²) in [6, 6.07) is 1.71. The Bertz CT molecular complexity index is 319. The Morgan fingerprint density at radius 1 is 1.77 bits per heavy atom. The number of nitrogens with zero attached hydrogens (tertiary/aromatic N) is 1. The molecule has 0 aromatic carbocycles. The van der Waals surface area contributed by atoms with Crippen LogP contribution in [0.25, 0.3) is 0 Å². The Morgan fingerprint density at radius 3 is 3.08 bits per heavy atom. The van der Waals surface area contributed by atoms with Crippen molar-refractivity contribution in [1.29, 1.82) is 0 Å². The van der Waals surface area contributed by atoms with Crippen LogP contribution in [0.1, 0.15) is 16.1 Å². The average molecular weight is 181 g/mol. The number of methoxy groups -OCH3 is 1. The van der Waals surface area contributed by atoms with Crippen LogP contribution in [0.3, 0.4) is 0 Å². The summed E-state index contributed by atoms with van der Waals surface area (Å²) in [4.78, 5) is 10.6. The molecule has 0 bridgehead atoms. The SMILES string of the molecule is COC1Cc2cc(C(=O)O)cn2C1. The molecule has 0 spiro atoms. The standard InChI is InChI=1S/C9H11NO3/c1-13-8-3-7-2-6(9(11)12)4-10(7)5-8/h2,4,8H,3,5H2,1H3,(H,11,12). The number of aromatic nitrogens is 1. The third-order valence-electron chi connectivity index (χ3n) is 2.40. The molecule has 4 nitrogen and oxygen atoms in total. The zero-order chi connectivity index (χ0) is 9.42. The van der Waals surface area contributed by atoms with Crippen molar-refractivity contribution < 1.29 is 14.6 Å². The van der Waals surface area contributed by atoms with Gasteiger partial charge >= 0.3 is 5.97 Å². The highest BCUT2D eigenvalue weighted by atomic mass is 16.5. The number of carboxylic acid groups (broad SMARTS) is 1. The highest BCUT2D eigenvalue weighted by Crippen LogP contribution is 2.20. The summed E-state index contributed by atoms with van der Waals surface area (Å²) in [5, 5.41) is 8.72. The number of carboxylic acids is 1. The molecule has 0 fully saturated rings. The number of fused-ring (bicyclic) bond motifs is 1. The Hall–Kier alpha value is -1.29. The average Bonchev–Trinajstić information content (AvgIpc) is 2.58. The maximum atomic E-state index is 10.6. The summed E-state index contributed by atoms with van der Waals surface area (Å²) in [5.74, 6) is -0.865. The zero-order valence-corrected chi connectivity index (χ0v) is 7.36. The van der Waals surface area contributed by atoms with Crippen molar-refractivity contribution in [1.82, 2.24) is 4.57 Å². The first-order valence-electron chi connectivity index (χ1n) is 4.16. The molecule has 13 heavy (non-hydrogen) atoms. The van der Waals surface area contributed by atoms with Crippen molar-refractivity contribution in [3.8, 4) is 0 Å². The van der Waals surface area contributed by atoms with Gasteiger partial charge in [0.1, 0.15) is 0 Å². The Morgan fingerprint density at radius 2 is 2.54 bits per heavy atom. The molecule has 1 N–H and O–H groups in total. The van der Waals surface area contributed by atoms with E-state index >= 15 is 0 Å². The van der Waals surface area contributed by atoms with Crippen LogP contribution in [-0.2, 0) is 17.7 Å². The third-order valence-corrected chi connectivity index (χ3v) is 2.40. The monoisotopic (exact) mass is 181 g/mol. The molecule has 1 atom stereocenters. The minimum atomic E-state index is -0.865. The number of hydrogen-bond acceptors (Lipinski definition) is 2. The van der Waals surface area contributed by atoms with E-state index in [0.29, 0.717) is 5.56 Å². The predicted molar refractivity (Wildman–Crippen MR) is 45.9 cm³/mol. The van der Waals surface area contributed by atoms with Gasteiger partial charge in [-0.25, -0.2) is 4.79 Å². The summed E-state index contributed by atoms with van der Waals surface area (Å²) in [6.45, 7) is 0.763. The number of ether oxygens (including phenoxy) is 1. The number of aromatic carboxylic acids is 1. The summed E-state index contributed by atoms with van der Waals surface area (Å²) >= 11 is 0. The van der Waals surface area contributed by atoms with Crippen LogP contribution in [0.15, 0.2) is 12.3 Å². The number of carbonyl (C=O) groups is 1. The topological polar surface area (TPSA) is 51.5 Å². The molecule has 1 aromatic heterocycles. The van der Waals surface area contributed by atoms with Crippen LogP contribution in [0.4, 0.5) is 0 Å². The van der Waals surface area contributed by atoms with E-state index in [9.17, 15) is 4.79 Å². The van der Waals surface area contributed by atoms with E-state index in [1.165, 1.54) is 0 Å². The van der Waals surface area contributed by atoms with Gasteiger partial charge in [0.25, 0.3) is 0 Å². The molecule has 0 saturated heterocycles. The van der Waals surface area contributed by atoms with E-state index < -0.39 is 5.97 Å². The maximum Gasteiger partial charge on any atom is 0.337 e. The van der Waals surface area contributed by atoms with Crippen molar-refractivity contribution in [2.24, 2.45) is 0 Å². The fourth-order valence-electron chi connectivity index (χ4n) is 1.69. The Balaban J connectivity index is 2.23. The lowest BCUT2D eigenvalue weighted by molar-refractivity contribution is 0.0695. The summed E-state index contributed by atoms with van der Waals surface area (Å²) in [5.41, 5.74) is 1.41. The smallest absolute Gasteiger partial charge is 0.337 e. The molecule has 0 radical (unpaired) electrons. The minimum absolute atomic E-state index is 0.206. The molecule has 0 aliphatic carbocycles. The van der Waals surface area contributed by atoms with Crippen molar-refractivity contribution in [3.63, 3.8) is 0 Å². The lowest BCUT2D eigenvalue weighted by Crippen LogP contribution is -2.11. The third kappa shape index (κ3) is 1.33. The number of hydrogen-bond donors (Lipinski definition) is 1. The lowest BCUT2D eigenvalue weighted by atomic mass is 10.2. The van der Waals surface area contributed by atoms with E-state index in [-0.39, 0.29) is 6.10 Å². The van der Waals surface area contributed by atoms with E-state index in [1.807, 2.05) is 4.57 Å². The molecule has 1 aromatic rings. The van der Waals surface area contributed by atoms with Crippen molar-refractivity contribution in [2.75, 3.05) is 7.11 Å². The maximum absolute atomic E-state index is 10.6. The molecule has 4 heteroatoms. The van der Waals surface area contributed by atoms with Crippen molar-refractivity contribution in [2.45, 2.75) is 19.1 Å². The number of rotatable bonds is 2. The summed E-state index contributed by atoms with van der Waals surface area (Å²) in [7, 11) is 1.68. The molecule has 0 saturated carbocycles. The van der Waals surface area contributed by atoms with Gasteiger partial charge in [-0.2, -0.15) is 0 Å². The van der Waals surface area contributed by atoms with Gasteiger partial charge in [0, 0.05) is 32.0 Å². The first-order valence-corrected chi connectivity index (χ1v) is 4.16. The molecule has 70 valence electrons. The quantitative estimate of drug-likeness (QED) is 0.732. The highest BCUT2D eigenvalue weighted by molar-refractivity contribution is 5.87. The molecule has 2 heterocycles. The zero-order valence-electron chi connectivity index (χ0n) is 7.36. The molecule has 1 unspecified atom stereocenters. The van der Waals surface area contributed by atoms with Crippen molar-refractivity contribution in [3.05, 3.63) is 23.5 Å². The highest BCUT2D eigenvalue weighted by Gasteiger charge is 2.22. The van der Waals surface area contributed by atoms with E-state index in [4.69, 9.17) is 9.84 Å². The fraction of sp³-hybridized carbons (Fsp3) is 0.444. The largest absolute Gasteiger partial charge is 0.478 e. The minimum Gasteiger partial charge on any atom is -0.478 e. The van der Waals surface area contributed by atoms with Gasteiger partial charge in [-0.3, -0.25) is 0 Å². The van der Waals surface area contributed by atoms with Gasteiger partial charge in [0.15, 0.2) is 0 Å². The van der Waals surface area contributed by atoms with Crippen LogP contribution < -0.4 is 0 Å². The van der Waals surface area contributed by atoms with Crippen LogP contribution in [-0.4, -0.2) is 28.9 Å². The summed E-state index contributed by atoms with van der Waals surface area (Å²) < 4.78 is 7.13. The first-order chi connectivity index (χ1) is 6.20. The van der Waals surface area contributed by atoms with Crippen LogP contribution >= 0.6 is 0 Å². The van der Waals surface area contributed by atoms with E-state index in [2.05, 4.69) is 0 Å². The van der Waals surface area contributed by atoms with Gasteiger partial charge < -0.3 is 14.4 Å². The van der Waals surface area contributed by atoms with Gasteiger partial charge in [-0.15, -0.1) is 0 Å². The summed E-state index contributed by atoms with van der Waals surface area (Å²) in [6.07, 6.45) is 2.68. The van der Waals surface area contributed by atoms with Gasteiger partial charge in [-0.1, -0.05) is 0 Å². The Labute approximate surface area is 75.7 Å². The molecule has 1 aliphatic rings. The van der Waals surface area contributed by atoms with Gasteiger partial charge in [0.2, 0.25) is 0 Å². The van der Waals surface area contributed by atoms with E-state index in [0.717, 1.165) is 18.7 Å². The van der Waals surface area contributed by atoms with Gasteiger partial charge in [0.05, 0.1) is 11.7 Å². The van der Waals surface area contributed by atoms with E-state index in [1.54, 1.807) is 19.4 Å². The van der Waals surface area contributed by atoms with Crippen LogP contribution in [0.2, 0.25) is 0 Å². The fourth-order valence-corrected chi connectivity index (χ4v) is 1.69. The molecule has 2 rings (SSSR count). The second-order valence-corrected chi connectivity index (χ2v) is 3.24. The first kappa shape index (κ1) is 8.31. The molecular weight excluding hydrogens is 170 g/mol. The second kappa shape index (κ2) is 2.88. The second-order valence-electron chi connectivity index (χ2n) is 3.24. The lowest BCUT2D eigenvalue weighted by Gasteiger charge is -2.04. The van der Waals surface area contributed by atoms with Crippen LogP contribution in [0, 0.1) is 0 Å². The molecule has 0 amide bonds. The Kier molecular flexibility index (Phi) is 1.84. The molecule has 1 aliphatic heterocycles. The van der Waals surface area contributed by atoms with Crippen LogP contribution in [0.5, 0.6) is 0 Å².